The number of rotatable bonds is 4. The van der Waals surface area contributed by atoms with Gasteiger partial charge in [-0.05, 0) is 38.0 Å². The molecule has 0 aliphatic carbocycles. The molecule has 21 heavy (non-hydrogen) atoms. The van der Waals surface area contributed by atoms with E-state index < -0.39 is 0 Å². The molecule has 2 rings (SSSR count). The molecular formula is C16H22N2O3. The van der Waals surface area contributed by atoms with Crippen molar-refractivity contribution in [3.8, 4) is 0 Å². The van der Waals surface area contributed by atoms with Gasteiger partial charge in [0.15, 0.2) is 0 Å². The van der Waals surface area contributed by atoms with Gasteiger partial charge in [-0.25, -0.2) is 4.79 Å². The van der Waals surface area contributed by atoms with E-state index in [4.69, 9.17) is 4.74 Å². The molecule has 1 aromatic rings. The molecule has 0 bridgehead atoms. The molecule has 0 saturated heterocycles. The predicted octanol–water partition coefficient (Wildman–Crippen LogP) is 2.73. The van der Waals surface area contributed by atoms with Gasteiger partial charge in [-0.2, -0.15) is 0 Å². The van der Waals surface area contributed by atoms with Crippen LogP contribution in [0.25, 0.3) is 0 Å². The maximum Gasteiger partial charge on any atom is 0.337 e. The van der Waals surface area contributed by atoms with Crippen LogP contribution in [0, 0.1) is 6.92 Å². The Bertz CT molecular complexity index is 569. The van der Waals surface area contributed by atoms with Gasteiger partial charge in [-0.3, -0.25) is 4.79 Å². The van der Waals surface area contributed by atoms with Crippen molar-refractivity contribution in [3.05, 3.63) is 23.3 Å². The Morgan fingerprint density at radius 1 is 1.43 bits per heavy atom. The molecule has 1 N–H and O–H groups in total. The minimum absolute atomic E-state index is 0.0392. The van der Waals surface area contributed by atoms with Crippen molar-refractivity contribution in [3.63, 3.8) is 0 Å². The van der Waals surface area contributed by atoms with Crippen molar-refractivity contribution in [1.82, 2.24) is 0 Å². The average Bonchev–Trinajstić information content (AvgIpc) is 2.47. The number of hydrogen-bond donors (Lipinski definition) is 1. The van der Waals surface area contributed by atoms with Gasteiger partial charge in [0.2, 0.25) is 5.91 Å². The molecule has 0 radical (unpaired) electrons. The van der Waals surface area contributed by atoms with E-state index in [1.54, 1.807) is 17.0 Å². The molecule has 1 aliphatic heterocycles. The van der Waals surface area contributed by atoms with E-state index in [0.717, 1.165) is 29.8 Å². The molecule has 1 heterocycles. The van der Waals surface area contributed by atoms with Crippen LogP contribution in [0.15, 0.2) is 12.1 Å². The smallest absolute Gasteiger partial charge is 0.337 e. The summed E-state index contributed by atoms with van der Waals surface area (Å²) in [4.78, 5) is 26.0. The lowest BCUT2D eigenvalue weighted by Gasteiger charge is -2.35. The summed E-state index contributed by atoms with van der Waals surface area (Å²) >= 11 is 0. The molecule has 0 fully saturated rings. The quantitative estimate of drug-likeness (QED) is 0.866. The number of nitrogens with zero attached hydrogens (tertiary/aromatic N) is 1. The molecular weight excluding hydrogens is 268 g/mol. The number of anilines is 2. The molecule has 1 amide bonds. The number of nitrogens with one attached hydrogen (secondary N) is 1. The highest BCUT2D eigenvalue weighted by molar-refractivity contribution is 6.06. The van der Waals surface area contributed by atoms with Crippen LogP contribution < -0.4 is 10.2 Å². The number of aryl methyl sites for hydroxylation is 1. The zero-order valence-electron chi connectivity index (χ0n) is 13.0. The van der Waals surface area contributed by atoms with Crippen molar-refractivity contribution < 1.29 is 14.3 Å². The summed E-state index contributed by atoms with van der Waals surface area (Å²) in [5, 5.41) is 3.23. The predicted molar refractivity (Wildman–Crippen MR) is 82.9 cm³/mol. The minimum Gasteiger partial charge on any atom is -0.465 e. The molecule has 1 atom stereocenters. The summed E-state index contributed by atoms with van der Waals surface area (Å²) in [7, 11) is 1.36. The third-order valence-corrected chi connectivity index (χ3v) is 3.76. The van der Waals surface area contributed by atoms with E-state index in [-0.39, 0.29) is 17.9 Å². The third-order valence-electron chi connectivity index (χ3n) is 3.76. The van der Waals surface area contributed by atoms with E-state index in [1.165, 1.54) is 7.11 Å². The van der Waals surface area contributed by atoms with Crippen LogP contribution in [0.4, 0.5) is 11.4 Å². The average molecular weight is 290 g/mol. The first-order chi connectivity index (χ1) is 9.99. The highest BCUT2D eigenvalue weighted by Gasteiger charge is 2.31. The fourth-order valence-corrected chi connectivity index (χ4v) is 2.58. The summed E-state index contributed by atoms with van der Waals surface area (Å²) in [6.07, 6.45) is 1.94. The zero-order chi connectivity index (χ0) is 15.6. The molecule has 5 nitrogen and oxygen atoms in total. The van der Waals surface area contributed by atoms with Crippen LogP contribution in [0.2, 0.25) is 0 Å². The lowest BCUT2D eigenvalue weighted by Crippen LogP contribution is -2.46. The third kappa shape index (κ3) is 2.86. The molecule has 0 aromatic heterocycles. The van der Waals surface area contributed by atoms with Crippen molar-refractivity contribution in [2.45, 2.75) is 39.7 Å². The second-order valence-corrected chi connectivity index (χ2v) is 5.39. The Kier molecular flexibility index (Phi) is 4.50. The Labute approximate surface area is 125 Å². The first kappa shape index (κ1) is 15.4. The number of unbranched alkanes of at least 4 members (excludes halogenated alkanes) is 1. The van der Waals surface area contributed by atoms with Crippen LogP contribution in [0.1, 0.15) is 42.6 Å². The van der Waals surface area contributed by atoms with Gasteiger partial charge in [-0.1, -0.05) is 13.3 Å². The van der Waals surface area contributed by atoms with Gasteiger partial charge in [-0.15, -0.1) is 0 Å². The van der Waals surface area contributed by atoms with E-state index >= 15 is 0 Å². The van der Waals surface area contributed by atoms with Crippen molar-refractivity contribution in [2.75, 3.05) is 23.9 Å². The number of amides is 1. The Morgan fingerprint density at radius 3 is 2.76 bits per heavy atom. The summed E-state index contributed by atoms with van der Waals surface area (Å²) < 4.78 is 4.78. The number of fused-ring (bicyclic) bond motifs is 1. The number of carbonyl (C=O) groups excluding carboxylic acids is 2. The van der Waals surface area contributed by atoms with Gasteiger partial charge in [0.25, 0.3) is 0 Å². The van der Waals surface area contributed by atoms with E-state index in [2.05, 4.69) is 12.2 Å². The summed E-state index contributed by atoms with van der Waals surface area (Å²) in [6.45, 7) is 6.54. The lowest BCUT2D eigenvalue weighted by molar-refractivity contribution is -0.119. The number of hydrogen-bond acceptors (Lipinski definition) is 4. The summed E-state index contributed by atoms with van der Waals surface area (Å²) in [5.74, 6) is -0.347. The van der Waals surface area contributed by atoms with Crippen LogP contribution >= 0.6 is 0 Å². The van der Waals surface area contributed by atoms with Gasteiger partial charge >= 0.3 is 5.97 Å². The largest absolute Gasteiger partial charge is 0.465 e. The standard InChI is InChI=1S/C16H22N2O3/c1-5-6-7-18-13-9-12(16(20)21-4)8-10(2)14(13)17-11(3)15(18)19/h8-9,11,17H,5-7H2,1-4H3/t11-/m0/s1. The first-order valence-electron chi connectivity index (χ1n) is 7.30. The summed E-state index contributed by atoms with van der Waals surface area (Å²) in [5.41, 5.74) is 3.10. The fourth-order valence-electron chi connectivity index (χ4n) is 2.58. The normalized spacial score (nSPS) is 17.2. The maximum atomic E-state index is 12.4. The van der Waals surface area contributed by atoms with E-state index in [0.29, 0.717) is 12.1 Å². The van der Waals surface area contributed by atoms with Gasteiger partial charge in [0.1, 0.15) is 6.04 Å². The van der Waals surface area contributed by atoms with Crippen molar-refractivity contribution >= 4 is 23.3 Å². The number of ether oxygens (including phenoxy) is 1. The van der Waals surface area contributed by atoms with E-state index in [9.17, 15) is 9.59 Å². The molecule has 0 unspecified atom stereocenters. The highest BCUT2D eigenvalue weighted by atomic mass is 16.5. The van der Waals surface area contributed by atoms with Crippen LogP contribution in [-0.4, -0.2) is 31.6 Å². The number of benzene rings is 1. The first-order valence-corrected chi connectivity index (χ1v) is 7.30. The molecule has 0 saturated carbocycles. The van der Waals surface area contributed by atoms with Crippen molar-refractivity contribution in [1.29, 1.82) is 0 Å². The van der Waals surface area contributed by atoms with Crippen molar-refractivity contribution in [2.24, 2.45) is 0 Å². The van der Waals surface area contributed by atoms with Gasteiger partial charge < -0.3 is 15.0 Å². The Hall–Kier alpha value is -2.04. The second kappa shape index (κ2) is 6.16. The number of esters is 1. The fraction of sp³-hybridized carbons (Fsp3) is 0.500. The topological polar surface area (TPSA) is 58.6 Å². The van der Waals surface area contributed by atoms with Crippen LogP contribution in [-0.2, 0) is 9.53 Å². The van der Waals surface area contributed by atoms with Gasteiger partial charge in [0, 0.05) is 6.54 Å². The highest BCUT2D eigenvalue weighted by Crippen LogP contribution is 2.36. The number of methoxy groups -OCH3 is 1. The Morgan fingerprint density at radius 2 is 2.14 bits per heavy atom. The van der Waals surface area contributed by atoms with Crippen LogP contribution in [0.5, 0.6) is 0 Å². The lowest BCUT2D eigenvalue weighted by atomic mass is 10.0. The van der Waals surface area contributed by atoms with Crippen LogP contribution in [0.3, 0.4) is 0 Å². The van der Waals surface area contributed by atoms with Gasteiger partial charge in [0.05, 0.1) is 24.0 Å². The number of carbonyl (C=O) groups is 2. The molecule has 114 valence electrons. The molecule has 0 spiro atoms. The SMILES string of the molecule is CCCCN1C(=O)[C@H](C)Nc2c(C)cc(C(=O)OC)cc21. The summed E-state index contributed by atoms with van der Waals surface area (Å²) in [6, 6.07) is 3.27. The second-order valence-electron chi connectivity index (χ2n) is 5.39. The van der Waals surface area contributed by atoms with E-state index in [1.807, 2.05) is 13.8 Å². The minimum atomic E-state index is -0.387. The maximum absolute atomic E-state index is 12.4. The zero-order valence-corrected chi connectivity index (χ0v) is 13.0. The monoisotopic (exact) mass is 290 g/mol. The Balaban J connectivity index is 2.50. The molecule has 1 aromatic carbocycles. The molecule has 1 aliphatic rings. The molecule has 5 heteroatoms.